The minimum absolute atomic E-state index is 0. The van der Waals surface area contributed by atoms with E-state index in [-0.39, 0.29) is 18.3 Å². The molecule has 0 aliphatic carbocycles. The Labute approximate surface area is 148 Å². The van der Waals surface area contributed by atoms with Crippen LogP contribution in [0.2, 0.25) is 0 Å². The molecule has 24 heavy (non-hydrogen) atoms. The molecule has 1 aromatic carbocycles. The van der Waals surface area contributed by atoms with Gasteiger partial charge < -0.3 is 10.6 Å². The first kappa shape index (κ1) is 18.4. The number of carbonyl (C=O) groups is 1. The summed E-state index contributed by atoms with van der Waals surface area (Å²) < 4.78 is 0. The summed E-state index contributed by atoms with van der Waals surface area (Å²) in [6.07, 6.45) is 9.01. The third kappa shape index (κ3) is 5.28. The molecule has 0 saturated carbocycles. The van der Waals surface area contributed by atoms with Crippen LogP contribution >= 0.6 is 12.4 Å². The number of nitrogens with one attached hydrogen (secondary N) is 2. The van der Waals surface area contributed by atoms with Gasteiger partial charge in [0.15, 0.2) is 0 Å². The molecule has 1 saturated heterocycles. The summed E-state index contributed by atoms with van der Waals surface area (Å²) in [6.45, 7) is 2.16. The van der Waals surface area contributed by atoms with Gasteiger partial charge in [-0.2, -0.15) is 0 Å². The lowest BCUT2D eigenvalue weighted by Crippen LogP contribution is -2.28. The molecule has 1 aliphatic heterocycles. The molecule has 2 heterocycles. The smallest absolute Gasteiger partial charge is 0.224 e. The van der Waals surface area contributed by atoms with Gasteiger partial charge in [-0.05, 0) is 56.0 Å². The Morgan fingerprint density at radius 2 is 1.75 bits per heavy atom. The molecule has 3 rings (SSSR count). The molecule has 0 radical (unpaired) electrons. The number of nitrogens with zero attached hydrogens (tertiary/aromatic N) is 2. The zero-order valence-electron chi connectivity index (χ0n) is 13.6. The van der Waals surface area contributed by atoms with Crippen molar-refractivity contribution in [3.8, 4) is 11.1 Å². The van der Waals surface area contributed by atoms with Crippen molar-refractivity contribution in [3.05, 3.63) is 43.0 Å². The SMILES string of the molecule is Cl.O=C(CCC1CCNCC1)Nc1ccc(-c2cncnc2)cc1. The Hall–Kier alpha value is -1.98. The number of anilines is 1. The first-order chi connectivity index (χ1) is 11.3. The van der Waals surface area contributed by atoms with Gasteiger partial charge in [0.05, 0.1) is 0 Å². The van der Waals surface area contributed by atoms with Gasteiger partial charge in [-0.1, -0.05) is 12.1 Å². The van der Waals surface area contributed by atoms with E-state index in [1.54, 1.807) is 12.4 Å². The molecule has 0 unspecified atom stereocenters. The molecule has 1 amide bonds. The molecular weight excluding hydrogens is 324 g/mol. The van der Waals surface area contributed by atoms with Gasteiger partial charge in [-0.25, -0.2) is 9.97 Å². The number of benzene rings is 1. The highest BCUT2D eigenvalue weighted by molar-refractivity contribution is 5.90. The quantitative estimate of drug-likeness (QED) is 0.871. The maximum absolute atomic E-state index is 12.1. The molecule has 2 aromatic rings. The fourth-order valence-corrected chi connectivity index (χ4v) is 2.92. The first-order valence-corrected chi connectivity index (χ1v) is 8.17. The predicted octanol–water partition coefficient (Wildman–Crippen LogP) is 3.28. The van der Waals surface area contributed by atoms with Crippen molar-refractivity contribution in [2.45, 2.75) is 25.7 Å². The van der Waals surface area contributed by atoms with Crippen molar-refractivity contribution in [2.75, 3.05) is 18.4 Å². The molecule has 5 nitrogen and oxygen atoms in total. The molecule has 128 valence electrons. The van der Waals surface area contributed by atoms with Gasteiger partial charge in [0.2, 0.25) is 5.91 Å². The number of carbonyl (C=O) groups excluding carboxylic acids is 1. The van der Waals surface area contributed by atoms with E-state index in [1.807, 2.05) is 24.3 Å². The molecule has 0 bridgehead atoms. The normalized spacial score (nSPS) is 14.7. The zero-order chi connectivity index (χ0) is 15.9. The van der Waals surface area contributed by atoms with Crippen molar-refractivity contribution in [1.29, 1.82) is 0 Å². The molecule has 2 N–H and O–H groups in total. The van der Waals surface area contributed by atoms with Crippen LogP contribution in [0.15, 0.2) is 43.0 Å². The first-order valence-electron chi connectivity index (χ1n) is 8.17. The maximum atomic E-state index is 12.1. The third-order valence-electron chi connectivity index (χ3n) is 4.30. The lowest BCUT2D eigenvalue weighted by Gasteiger charge is -2.22. The summed E-state index contributed by atoms with van der Waals surface area (Å²) in [4.78, 5) is 20.1. The van der Waals surface area contributed by atoms with E-state index in [0.29, 0.717) is 12.3 Å². The van der Waals surface area contributed by atoms with E-state index in [9.17, 15) is 4.79 Å². The van der Waals surface area contributed by atoms with Crippen molar-refractivity contribution >= 4 is 24.0 Å². The number of piperidine rings is 1. The van der Waals surface area contributed by atoms with Gasteiger partial charge in [0.1, 0.15) is 6.33 Å². The van der Waals surface area contributed by atoms with Crippen LogP contribution in [-0.4, -0.2) is 29.0 Å². The lowest BCUT2D eigenvalue weighted by molar-refractivity contribution is -0.116. The molecule has 0 atom stereocenters. The number of amides is 1. The number of halogens is 1. The van der Waals surface area contributed by atoms with E-state index in [0.717, 1.165) is 36.3 Å². The number of hydrogen-bond acceptors (Lipinski definition) is 4. The van der Waals surface area contributed by atoms with Crippen molar-refractivity contribution in [2.24, 2.45) is 5.92 Å². The fourth-order valence-electron chi connectivity index (χ4n) is 2.92. The van der Waals surface area contributed by atoms with Crippen LogP contribution in [0.4, 0.5) is 5.69 Å². The van der Waals surface area contributed by atoms with Crippen molar-refractivity contribution < 1.29 is 4.79 Å². The van der Waals surface area contributed by atoms with Gasteiger partial charge in [-0.3, -0.25) is 4.79 Å². The summed E-state index contributed by atoms with van der Waals surface area (Å²) in [7, 11) is 0. The second kappa shape index (κ2) is 9.35. The molecule has 1 fully saturated rings. The van der Waals surface area contributed by atoms with Crippen LogP contribution in [0.25, 0.3) is 11.1 Å². The summed E-state index contributed by atoms with van der Waals surface area (Å²) >= 11 is 0. The maximum Gasteiger partial charge on any atom is 0.224 e. The molecule has 1 aromatic heterocycles. The van der Waals surface area contributed by atoms with Crippen LogP contribution in [-0.2, 0) is 4.79 Å². The molecule has 1 aliphatic rings. The van der Waals surface area contributed by atoms with E-state index in [1.165, 1.54) is 19.2 Å². The van der Waals surface area contributed by atoms with Gasteiger partial charge >= 0.3 is 0 Å². The number of aromatic nitrogens is 2. The topological polar surface area (TPSA) is 66.9 Å². The zero-order valence-corrected chi connectivity index (χ0v) is 14.4. The fraction of sp³-hybridized carbons (Fsp3) is 0.389. The van der Waals surface area contributed by atoms with Crippen LogP contribution in [0.3, 0.4) is 0 Å². The second-order valence-electron chi connectivity index (χ2n) is 5.98. The summed E-state index contributed by atoms with van der Waals surface area (Å²) in [6, 6.07) is 7.79. The van der Waals surface area contributed by atoms with Crippen LogP contribution < -0.4 is 10.6 Å². The highest BCUT2D eigenvalue weighted by Crippen LogP contribution is 2.21. The average Bonchev–Trinajstić information content (AvgIpc) is 2.62. The summed E-state index contributed by atoms with van der Waals surface area (Å²) in [5.41, 5.74) is 2.84. The highest BCUT2D eigenvalue weighted by atomic mass is 35.5. The van der Waals surface area contributed by atoms with Crippen LogP contribution in [0, 0.1) is 5.92 Å². The minimum atomic E-state index is 0. The second-order valence-corrected chi connectivity index (χ2v) is 5.98. The summed E-state index contributed by atoms with van der Waals surface area (Å²) in [5.74, 6) is 0.779. The monoisotopic (exact) mass is 346 g/mol. The van der Waals surface area contributed by atoms with E-state index in [2.05, 4.69) is 20.6 Å². The largest absolute Gasteiger partial charge is 0.326 e. The van der Waals surface area contributed by atoms with Gasteiger partial charge in [0.25, 0.3) is 0 Å². The Kier molecular flexibility index (Phi) is 7.15. The highest BCUT2D eigenvalue weighted by Gasteiger charge is 2.14. The van der Waals surface area contributed by atoms with Crippen molar-refractivity contribution in [3.63, 3.8) is 0 Å². The Morgan fingerprint density at radius 1 is 1.08 bits per heavy atom. The predicted molar refractivity (Wildman–Crippen MR) is 98.2 cm³/mol. The van der Waals surface area contributed by atoms with Crippen molar-refractivity contribution in [1.82, 2.24) is 15.3 Å². The van der Waals surface area contributed by atoms with E-state index < -0.39 is 0 Å². The van der Waals surface area contributed by atoms with E-state index in [4.69, 9.17) is 0 Å². The van der Waals surface area contributed by atoms with Crippen LogP contribution in [0.5, 0.6) is 0 Å². The summed E-state index contributed by atoms with van der Waals surface area (Å²) in [5, 5.41) is 6.33. The minimum Gasteiger partial charge on any atom is -0.326 e. The van der Waals surface area contributed by atoms with Gasteiger partial charge in [0, 0.05) is 30.1 Å². The van der Waals surface area contributed by atoms with Gasteiger partial charge in [-0.15, -0.1) is 12.4 Å². The van der Waals surface area contributed by atoms with Crippen LogP contribution in [0.1, 0.15) is 25.7 Å². The molecule has 6 heteroatoms. The standard InChI is InChI=1S/C18H22N4O.ClH/c23-18(6-1-14-7-9-19-10-8-14)22-17-4-2-15(3-5-17)16-11-20-13-21-12-16;/h2-5,11-14,19H,1,6-10H2,(H,22,23);1H. The Balaban J connectivity index is 0.00000208. The Bertz CT molecular complexity index is 627. The molecule has 0 spiro atoms. The average molecular weight is 347 g/mol. The number of rotatable bonds is 5. The molecular formula is C18H23ClN4O. The number of hydrogen-bond donors (Lipinski definition) is 2. The third-order valence-corrected chi connectivity index (χ3v) is 4.30. The lowest BCUT2D eigenvalue weighted by atomic mass is 9.93. The Morgan fingerprint density at radius 3 is 2.42 bits per heavy atom. The van der Waals surface area contributed by atoms with E-state index >= 15 is 0 Å².